The third-order valence-corrected chi connectivity index (χ3v) is 1.85. The minimum Gasteiger partial charge on any atom is -0.242 e. The lowest BCUT2D eigenvalue weighted by Gasteiger charge is -1.99. The molecule has 78 valence electrons. The van der Waals surface area contributed by atoms with Gasteiger partial charge < -0.3 is 0 Å². The normalized spacial score (nSPS) is 9.00. The summed E-state index contributed by atoms with van der Waals surface area (Å²) < 4.78 is 0. The van der Waals surface area contributed by atoms with E-state index in [1.54, 1.807) is 6.20 Å². The predicted octanol–water partition coefficient (Wildman–Crippen LogP) is 3.48. The highest BCUT2D eigenvalue weighted by atomic mass is 14.9. The zero-order valence-corrected chi connectivity index (χ0v) is 9.44. The van der Waals surface area contributed by atoms with E-state index in [4.69, 9.17) is 0 Å². The van der Waals surface area contributed by atoms with Crippen LogP contribution in [-0.4, -0.2) is 9.97 Å². The molecule has 1 aromatic carbocycles. The van der Waals surface area contributed by atoms with Crippen molar-refractivity contribution in [3.63, 3.8) is 0 Å². The lowest BCUT2D eigenvalue weighted by Crippen LogP contribution is -1.88. The van der Waals surface area contributed by atoms with Gasteiger partial charge in [-0.3, -0.25) is 0 Å². The van der Waals surface area contributed by atoms with Gasteiger partial charge >= 0.3 is 0 Å². The Morgan fingerprint density at radius 3 is 2.20 bits per heavy atom. The van der Waals surface area contributed by atoms with Gasteiger partial charge in [-0.05, 0) is 13.0 Å². The first kappa shape index (κ1) is 11.4. The average molecular weight is 200 g/mol. The van der Waals surface area contributed by atoms with Crippen LogP contribution in [0, 0.1) is 6.92 Å². The minimum absolute atomic E-state index is 0.807. The van der Waals surface area contributed by atoms with Gasteiger partial charge in [0.1, 0.15) is 5.82 Å². The van der Waals surface area contributed by atoms with Crippen molar-refractivity contribution in [3.05, 3.63) is 48.4 Å². The maximum atomic E-state index is 4.33. The van der Waals surface area contributed by atoms with Gasteiger partial charge in [-0.25, -0.2) is 9.97 Å². The molecule has 0 unspecified atom stereocenters. The first-order chi connectivity index (χ1) is 7.36. The van der Waals surface area contributed by atoms with Crippen LogP contribution in [0.25, 0.3) is 11.3 Å². The fraction of sp³-hybridized carbons (Fsp3) is 0.231. The van der Waals surface area contributed by atoms with Crippen molar-refractivity contribution in [1.82, 2.24) is 9.97 Å². The summed E-state index contributed by atoms with van der Waals surface area (Å²) in [7, 11) is 0. The third kappa shape index (κ3) is 3.17. The molecule has 1 heterocycles. The molecule has 0 bridgehead atoms. The van der Waals surface area contributed by atoms with E-state index >= 15 is 0 Å². The Morgan fingerprint density at radius 1 is 0.933 bits per heavy atom. The molecule has 0 amide bonds. The van der Waals surface area contributed by atoms with Crippen LogP contribution in [0.1, 0.15) is 19.7 Å². The highest BCUT2D eigenvalue weighted by Crippen LogP contribution is 2.14. The molecule has 0 aliphatic rings. The van der Waals surface area contributed by atoms with Gasteiger partial charge in [-0.1, -0.05) is 44.2 Å². The molecule has 0 fully saturated rings. The first-order valence-corrected chi connectivity index (χ1v) is 5.21. The summed E-state index contributed by atoms with van der Waals surface area (Å²) in [4.78, 5) is 8.39. The summed E-state index contributed by atoms with van der Waals surface area (Å²) in [5.74, 6) is 0.807. The monoisotopic (exact) mass is 200 g/mol. The van der Waals surface area contributed by atoms with Crippen molar-refractivity contribution < 1.29 is 0 Å². The highest BCUT2D eigenvalue weighted by molar-refractivity contribution is 5.58. The summed E-state index contributed by atoms with van der Waals surface area (Å²) in [6, 6.07) is 12.0. The Labute approximate surface area is 91.0 Å². The molecule has 1 aromatic heterocycles. The van der Waals surface area contributed by atoms with Crippen molar-refractivity contribution in [2.75, 3.05) is 0 Å². The Balaban J connectivity index is 0.000000531. The number of benzene rings is 1. The standard InChI is InChI=1S/C11H10N2.C2H6/c1-9-12-8-7-11(13-9)10-5-3-2-4-6-10;1-2/h2-8H,1H3;1-2H3. The molecule has 2 heteroatoms. The highest BCUT2D eigenvalue weighted by Gasteiger charge is 1.97. The van der Waals surface area contributed by atoms with Crippen molar-refractivity contribution >= 4 is 0 Å². The van der Waals surface area contributed by atoms with Crippen molar-refractivity contribution in [2.45, 2.75) is 20.8 Å². The Bertz CT molecular complexity index is 396. The Morgan fingerprint density at radius 2 is 1.60 bits per heavy atom. The molecule has 0 saturated carbocycles. The van der Waals surface area contributed by atoms with Crippen LogP contribution in [0.2, 0.25) is 0 Å². The largest absolute Gasteiger partial charge is 0.242 e. The molecule has 0 saturated heterocycles. The van der Waals surface area contributed by atoms with Crippen LogP contribution < -0.4 is 0 Å². The van der Waals surface area contributed by atoms with Crippen LogP contribution in [0.15, 0.2) is 42.6 Å². The number of hydrogen-bond acceptors (Lipinski definition) is 2. The molecule has 0 radical (unpaired) electrons. The third-order valence-electron chi connectivity index (χ3n) is 1.85. The quantitative estimate of drug-likeness (QED) is 0.704. The second-order valence-electron chi connectivity index (χ2n) is 2.86. The molecule has 15 heavy (non-hydrogen) atoms. The summed E-state index contributed by atoms with van der Waals surface area (Å²) in [6.45, 7) is 5.90. The molecule has 0 aliphatic heterocycles. The Hall–Kier alpha value is -1.70. The molecule has 2 aromatic rings. The van der Waals surface area contributed by atoms with E-state index in [0.717, 1.165) is 17.1 Å². The molecule has 0 aliphatic carbocycles. The first-order valence-electron chi connectivity index (χ1n) is 5.21. The molecule has 0 atom stereocenters. The number of nitrogens with zero attached hydrogens (tertiary/aromatic N) is 2. The maximum Gasteiger partial charge on any atom is 0.125 e. The van der Waals surface area contributed by atoms with Gasteiger partial charge in [0.2, 0.25) is 0 Å². The maximum absolute atomic E-state index is 4.33. The van der Waals surface area contributed by atoms with Crippen molar-refractivity contribution in [2.24, 2.45) is 0 Å². The smallest absolute Gasteiger partial charge is 0.125 e. The molecular weight excluding hydrogens is 184 g/mol. The van der Waals surface area contributed by atoms with E-state index in [2.05, 4.69) is 9.97 Å². The van der Waals surface area contributed by atoms with Crippen molar-refractivity contribution in [3.8, 4) is 11.3 Å². The number of hydrogen-bond donors (Lipinski definition) is 0. The number of aryl methyl sites for hydroxylation is 1. The number of rotatable bonds is 1. The zero-order valence-electron chi connectivity index (χ0n) is 9.44. The molecule has 2 rings (SSSR count). The lowest BCUT2D eigenvalue weighted by atomic mass is 10.1. The summed E-state index contributed by atoms with van der Waals surface area (Å²) >= 11 is 0. The van der Waals surface area contributed by atoms with Gasteiger partial charge in [0.05, 0.1) is 5.69 Å². The SMILES string of the molecule is CC.Cc1nccc(-c2ccccc2)n1. The summed E-state index contributed by atoms with van der Waals surface area (Å²) in [5.41, 5.74) is 2.11. The van der Waals surface area contributed by atoms with Gasteiger partial charge in [-0.15, -0.1) is 0 Å². The molecule has 0 spiro atoms. The van der Waals surface area contributed by atoms with E-state index < -0.39 is 0 Å². The fourth-order valence-electron chi connectivity index (χ4n) is 1.23. The van der Waals surface area contributed by atoms with E-state index in [0.29, 0.717) is 0 Å². The average Bonchev–Trinajstić information content (AvgIpc) is 2.33. The Kier molecular flexibility index (Phi) is 4.48. The molecular formula is C13H16N2. The van der Waals surface area contributed by atoms with Crippen LogP contribution in [0.5, 0.6) is 0 Å². The van der Waals surface area contributed by atoms with Crippen LogP contribution in [0.4, 0.5) is 0 Å². The topological polar surface area (TPSA) is 25.8 Å². The number of aromatic nitrogens is 2. The molecule has 0 N–H and O–H groups in total. The molecule has 2 nitrogen and oxygen atoms in total. The second kappa shape index (κ2) is 5.91. The fourth-order valence-corrected chi connectivity index (χ4v) is 1.23. The summed E-state index contributed by atoms with van der Waals surface area (Å²) in [5, 5.41) is 0. The van der Waals surface area contributed by atoms with Gasteiger partial charge in [0.15, 0.2) is 0 Å². The van der Waals surface area contributed by atoms with Gasteiger partial charge in [0.25, 0.3) is 0 Å². The van der Waals surface area contributed by atoms with Gasteiger partial charge in [-0.2, -0.15) is 0 Å². The lowest BCUT2D eigenvalue weighted by molar-refractivity contribution is 1.06. The van der Waals surface area contributed by atoms with E-state index in [9.17, 15) is 0 Å². The summed E-state index contributed by atoms with van der Waals surface area (Å²) in [6.07, 6.45) is 1.78. The van der Waals surface area contributed by atoms with E-state index in [1.165, 1.54) is 0 Å². The minimum atomic E-state index is 0.807. The van der Waals surface area contributed by atoms with E-state index in [-0.39, 0.29) is 0 Å². The predicted molar refractivity (Wildman–Crippen MR) is 63.6 cm³/mol. The van der Waals surface area contributed by atoms with Crippen LogP contribution in [0.3, 0.4) is 0 Å². The van der Waals surface area contributed by atoms with Crippen LogP contribution >= 0.6 is 0 Å². The van der Waals surface area contributed by atoms with Crippen molar-refractivity contribution in [1.29, 1.82) is 0 Å². The zero-order chi connectivity index (χ0) is 11.1. The van der Waals surface area contributed by atoms with Gasteiger partial charge in [0, 0.05) is 11.8 Å². The van der Waals surface area contributed by atoms with Crippen LogP contribution in [-0.2, 0) is 0 Å². The second-order valence-corrected chi connectivity index (χ2v) is 2.86. The van der Waals surface area contributed by atoms with E-state index in [1.807, 2.05) is 57.2 Å².